The van der Waals surface area contributed by atoms with Crippen molar-refractivity contribution >= 4 is 47.4 Å². The Morgan fingerprint density at radius 1 is 1.27 bits per heavy atom. The van der Waals surface area contributed by atoms with Crippen LogP contribution in [0, 0.1) is 0 Å². The maximum absolute atomic E-state index is 11.7. The number of benzene rings is 1. The lowest BCUT2D eigenvalue weighted by Gasteiger charge is -2.20. The number of halogens is 2. The van der Waals surface area contributed by atoms with E-state index < -0.39 is 0 Å². The zero-order valence-electron chi connectivity index (χ0n) is 15.4. The Balaban J connectivity index is 0.00000625. The van der Waals surface area contributed by atoms with Crippen LogP contribution in [0.4, 0.5) is 0 Å². The van der Waals surface area contributed by atoms with Gasteiger partial charge in [-0.1, -0.05) is 30.7 Å². The summed E-state index contributed by atoms with van der Waals surface area (Å²) in [7, 11) is 3.24. The summed E-state index contributed by atoms with van der Waals surface area (Å²) in [5.41, 5.74) is 0. The summed E-state index contributed by atoms with van der Waals surface area (Å²) in [5, 5.41) is 9.41. The van der Waals surface area contributed by atoms with Gasteiger partial charge in [-0.2, -0.15) is 0 Å². The van der Waals surface area contributed by atoms with Crippen LogP contribution in [0.15, 0.2) is 29.3 Å². The Labute approximate surface area is 177 Å². The van der Waals surface area contributed by atoms with Gasteiger partial charge in [0.25, 0.3) is 0 Å². The van der Waals surface area contributed by atoms with E-state index >= 15 is 0 Å². The normalized spacial score (nSPS) is 11.9. The molecular formula is C17H28ClIN4O3. The number of ether oxygens (including phenoxy) is 2. The molecule has 0 bridgehead atoms. The highest BCUT2D eigenvalue weighted by Crippen LogP contribution is 2.24. The van der Waals surface area contributed by atoms with E-state index in [2.05, 4.69) is 20.9 Å². The molecular weight excluding hydrogens is 471 g/mol. The number of guanidine groups is 1. The summed E-state index contributed by atoms with van der Waals surface area (Å²) in [4.78, 5) is 15.8. The lowest BCUT2D eigenvalue weighted by Crippen LogP contribution is -2.46. The third kappa shape index (κ3) is 10.0. The summed E-state index contributed by atoms with van der Waals surface area (Å²) in [6.45, 7) is 3.66. The van der Waals surface area contributed by atoms with Gasteiger partial charge in [-0.25, -0.2) is 0 Å². The number of methoxy groups -OCH3 is 1. The van der Waals surface area contributed by atoms with Crippen molar-refractivity contribution < 1.29 is 14.3 Å². The quantitative estimate of drug-likeness (QED) is 0.199. The summed E-state index contributed by atoms with van der Waals surface area (Å²) in [6.07, 6.45) is 0.723. The first-order chi connectivity index (χ1) is 12.1. The Morgan fingerprint density at radius 3 is 2.62 bits per heavy atom. The number of para-hydroxylation sites is 1. The predicted octanol–water partition coefficient (Wildman–Crippen LogP) is 2.04. The molecule has 9 heteroatoms. The lowest BCUT2D eigenvalue weighted by atomic mass is 10.2. The van der Waals surface area contributed by atoms with Gasteiger partial charge >= 0.3 is 0 Å². The minimum atomic E-state index is -0.126. The van der Waals surface area contributed by atoms with Crippen LogP contribution >= 0.6 is 35.6 Å². The molecule has 0 spiro atoms. The van der Waals surface area contributed by atoms with Crippen molar-refractivity contribution in [1.29, 1.82) is 0 Å². The van der Waals surface area contributed by atoms with Crippen molar-refractivity contribution in [1.82, 2.24) is 16.0 Å². The van der Waals surface area contributed by atoms with Crippen molar-refractivity contribution in [3.05, 3.63) is 29.3 Å². The molecule has 0 fully saturated rings. The van der Waals surface area contributed by atoms with E-state index in [0.29, 0.717) is 36.4 Å². The number of nitrogens with zero attached hydrogens (tertiary/aromatic N) is 1. The van der Waals surface area contributed by atoms with Gasteiger partial charge in [0.1, 0.15) is 11.9 Å². The Morgan fingerprint density at radius 2 is 2.00 bits per heavy atom. The average molecular weight is 499 g/mol. The van der Waals surface area contributed by atoms with Crippen LogP contribution in [0.2, 0.25) is 5.02 Å². The smallest absolute Gasteiger partial charge is 0.239 e. The summed E-state index contributed by atoms with van der Waals surface area (Å²) in [5.74, 6) is 1.06. The first-order valence-corrected chi connectivity index (χ1v) is 8.59. The van der Waals surface area contributed by atoms with E-state index in [0.717, 1.165) is 6.42 Å². The third-order valence-electron chi connectivity index (χ3n) is 3.35. The van der Waals surface area contributed by atoms with Crippen LogP contribution in [0.25, 0.3) is 0 Å². The fourth-order valence-electron chi connectivity index (χ4n) is 1.94. The number of hydrogen-bond donors (Lipinski definition) is 3. The Hall–Kier alpha value is -1.26. The van der Waals surface area contributed by atoms with Gasteiger partial charge in [-0.15, -0.1) is 24.0 Å². The number of rotatable bonds is 10. The number of carbonyl (C=O) groups is 1. The molecule has 0 saturated heterocycles. The minimum Gasteiger partial charge on any atom is -0.487 e. The molecule has 0 heterocycles. The highest BCUT2D eigenvalue weighted by molar-refractivity contribution is 14.0. The molecule has 0 aliphatic rings. The van der Waals surface area contributed by atoms with Crippen LogP contribution in [0.3, 0.4) is 0 Å². The second-order valence-corrected chi connectivity index (χ2v) is 5.64. The van der Waals surface area contributed by atoms with E-state index in [1.165, 1.54) is 0 Å². The molecule has 7 nitrogen and oxygen atoms in total. The summed E-state index contributed by atoms with van der Waals surface area (Å²) < 4.78 is 10.8. The molecule has 1 rings (SSSR count). The SMILES string of the molecule is CCC(CNC(=NC)NCC(=O)NCCOC)Oc1ccccc1Cl.I. The van der Waals surface area contributed by atoms with Crippen LogP contribution in [0.5, 0.6) is 5.75 Å². The standard InChI is InChI=1S/C17H27ClN4O3.HI/c1-4-13(25-15-8-6-5-7-14(15)18)11-21-17(19-2)22-12-16(23)20-9-10-24-3;/h5-8,13H,4,9-12H2,1-3H3,(H,20,23)(H2,19,21,22);1H. The zero-order valence-corrected chi connectivity index (χ0v) is 18.5. The maximum atomic E-state index is 11.7. The van der Waals surface area contributed by atoms with Crippen molar-refractivity contribution in [3.63, 3.8) is 0 Å². The van der Waals surface area contributed by atoms with Gasteiger partial charge in [0, 0.05) is 20.7 Å². The molecule has 1 aromatic rings. The van der Waals surface area contributed by atoms with Gasteiger partial charge < -0.3 is 25.4 Å². The maximum Gasteiger partial charge on any atom is 0.239 e. The van der Waals surface area contributed by atoms with E-state index in [9.17, 15) is 4.79 Å². The minimum absolute atomic E-state index is 0. The monoisotopic (exact) mass is 498 g/mol. The van der Waals surface area contributed by atoms with Gasteiger partial charge in [-0.3, -0.25) is 9.79 Å². The molecule has 0 aliphatic carbocycles. The van der Waals surface area contributed by atoms with Gasteiger partial charge in [0.15, 0.2) is 5.96 Å². The Kier molecular flexibility index (Phi) is 14.1. The summed E-state index contributed by atoms with van der Waals surface area (Å²) in [6, 6.07) is 7.37. The van der Waals surface area contributed by atoms with Crippen LogP contribution in [-0.4, -0.2) is 58.4 Å². The lowest BCUT2D eigenvalue weighted by molar-refractivity contribution is -0.120. The third-order valence-corrected chi connectivity index (χ3v) is 3.66. The molecule has 0 aliphatic heterocycles. The number of hydrogen-bond acceptors (Lipinski definition) is 4. The molecule has 148 valence electrons. The van der Waals surface area contributed by atoms with Crippen molar-refractivity contribution in [2.24, 2.45) is 4.99 Å². The first kappa shape index (κ1) is 24.7. The zero-order chi connectivity index (χ0) is 18.5. The average Bonchev–Trinajstić information content (AvgIpc) is 2.62. The molecule has 0 saturated carbocycles. The molecule has 1 unspecified atom stereocenters. The fourth-order valence-corrected chi connectivity index (χ4v) is 2.12. The molecule has 0 aromatic heterocycles. The molecule has 1 aromatic carbocycles. The molecule has 1 atom stereocenters. The summed E-state index contributed by atoms with van der Waals surface area (Å²) >= 11 is 6.12. The van der Waals surface area contributed by atoms with E-state index in [-0.39, 0.29) is 42.5 Å². The highest BCUT2D eigenvalue weighted by Gasteiger charge is 2.11. The molecule has 0 radical (unpaired) electrons. The largest absolute Gasteiger partial charge is 0.487 e. The van der Waals surface area contributed by atoms with Crippen molar-refractivity contribution in [3.8, 4) is 5.75 Å². The van der Waals surface area contributed by atoms with E-state index in [1.807, 2.05) is 25.1 Å². The predicted molar refractivity (Wildman–Crippen MR) is 116 cm³/mol. The highest BCUT2D eigenvalue weighted by atomic mass is 127. The van der Waals surface area contributed by atoms with Crippen molar-refractivity contribution in [2.45, 2.75) is 19.4 Å². The van der Waals surface area contributed by atoms with Crippen molar-refractivity contribution in [2.75, 3.05) is 40.4 Å². The van der Waals surface area contributed by atoms with E-state index in [1.54, 1.807) is 20.2 Å². The van der Waals surface area contributed by atoms with E-state index in [4.69, 9.17) is 21.1 Å². The number of aliphatic imine (C=N–C) groups is 1. The topological polar surface area (TPSA) is 84.0 Å². The number of nitrogens with one attached hydrogen (secondary N) is 3. The van der Waals surface area contributed by atoms with Crippen LogP contribution < -0.4 is 20.7 Å². The number of amides is 1. The van der Waals surface area contributed by atoms with Crippen LogP contribution in [-0.2, 0) is 9.53 Å². The molecule has 26 heavy (non-hydrogen) atoms. The number of carbonyl (C=O) groups excluding carboxylic acids is 1. The second kappa shape index (κ2) is 14.9. The second-order valence-electron chi connectivity index (χ2n) is 5.23. The molecule has 3 N–H and O–H groups in total. The fraction of sp³-hybridized carbons (Fsp3) is 0.529. The van der Waals surface area contributed by atoms with Gasteiger partial charge in [0.05, 0.1) is 24.7 Å². The first-order valence-electron chi connectivity index (χ1n) is 8.22. The van der Waals surface area contributed by atoms with Gasteiger partial charge in [0.2, 0.25) is 5.91 Å². The van der Waals surface area contributed by atoms with Crippen LogP contribution in [0.1, 0.15) is 13.3 Å². The Bertz CT molecular complexity index is 561. The van der Waals surface area contributed by atoms with Gasteiger partial charge in [-0.05, 0) is 18.6 Å². The molecule has 1 amide bonds.